The monoisotopic (exact) mass is 473 g/mol. The second-order valence-electron chi connectivity index (χ2n) is 4.59. The van der Waals surface area contributed by atoms with Crippen molar-refractivity contribution in [3.63, 3.8) is 0 Å². The topological polar surface area (TPSA) is 55.4 Å². The van der Waals surface area contributed by atoms with E-state index in [1.54, 1.807) is 24.3 Å². The molecule has 0 heterocycles. The highest BCUT2D eigenvalue weighted by atomic mass is 127. The molecule has 0 atom stereocenters. The van der Waals surface area contributed by atoms with Crippen LogP contribution in [0.1, 0.15) is 15.9 Å². The van der Waals surface area contributed by atoms with Crippen molar-refractivity contribution in [1.82, 2.24) is 0 Å². The summed E-state index contributed by atoms with van der Waals surface area (Å²) in [5.41, 5.74) is 2.05. The number of halogens is 2. The van der Waals surface area contributed by atoms with Crippen molar-refractivity contribution < 1.29 is 14.3 Å². The molecule has 1 N–H and O–H groups in total. The Labute approximate surface area is 150 Å². The van der Waals surface area contributed by atoms with Crippen molar-refractivity contribution in [3.8, 4) is 0 Å². The highest BCUT2D eigenvalue weighted by molar-refractivity contribution is 14.1. The third-order valence-electron chi connectivity index (χ3n) is 2.86. The van der Waals surface area contributed by atoms with Crippen LogP contribution in [0.15, 0.2) is 46.9 Å². The van der Waals surface area contributed by atoms with Gasteiger partial charge in [0.1, 0.15) is 0 Å². The number of carbonyl (C=O) groups excluding carboxylic acids is 2. The van der Waals surface area contributed by atoms with Crippen molar-refractivity contribution in [1.29, 1.82) is 0 Å². The molecule has 0 radical (unpaired) electrons. The second kappa shape index (κ2) is 7.73. The Kier molecular flexibility index (Phi) is 5.96. The van der Waals surface area contributed by atoms with Crippen LogP contribution in [-0.2, 0) is 9.53 Å². The van der Waals surface area contributed by atoms with E-state index in [1.165, 1.54) is 0 Å². The fourth-order valence-corrected chi connectivity index (χ4v) is 2.80. The van der Waals surface area contributed by atoms with E-state index in [0.717, 1.165) is 13.6 Å². The number of rotatable bonds is 4. The Morgan fingerprint density at radius 2 is 2.00 bits per heavy atom. The number of esters is 1. The SMILES string of the molecule is Cc1cc(Br)ccc1NC(=O)COC(=O)c1cccc(I)c1. The fourth-order valence-electron chi connectivity index (χ4n) is 1.78. The van der Waals surface area contributed by atoms with Crippen molar-refractivity contribution in [2.75, 3.05) is 11.9 Å². The molecule has 0 saturated heterocycles. The average molecular weight is 474 g/mol. The van der Waals surface area contributed by atoms with Gasteiger partial charge in [-0.2, -0.15) is 0 Å². The van der Waals surface area contributed by atoms with Gasteiger partial charge in [0, 0.05) is 13.7 Å². The van der Waals surface area contributed by atoms with E-state index in [9.17, 15) is 9.59 Å². The van der Waals surface area contributed by atoms with Crippen LogP contribution in [0.2, 0.25) is 0 Å². The molecule has 0 spiro atoms. The van der Waals surface area contributed by atoms with Crippen LogP contribution in [0.3, 0.4) is 0 Å². The van der Waals surface area contributed by atoms with Gasteiger partial charge in [0.05, 0.1) is 5.56 Å². The Morgan fingerprint density at radius 1 is 1.23 bits per heavy atom. The minimum absolute atomic E-state index is 0.320. The summed E-state index contributed by atoms with van der Waals surface area (Å²) in [6.45, 7) is 1.57. The first kappa shape index (κ1) is 17.0. The number of benzene rings is 2. The van der Waals surface area contributed by atoms with Gasteiger partial charge in [0.2, 0.25) is 0 Å². The normalized spacial score (nSPS) is 10.1. The zero-order valence-corrected chi connectivity index (χ0v) is 15.5. The number of aryl methyl sites for hydroxylation is 1. The molecule has 114 valence electrons. The number of nitrogens with one attached hydrogen (secondary N) is 1. The number of anilines is 1. The minimum Gasteiger partial charge on any atom is -0.452 e. The Bertz CT molecular complexity index is 718. The van der Waals surface area contributed by atoms with E-state index in [4.69, 9.17) is 4.74 Å². The van der Waals surface area contributed by atoms with Crippen molar-refractivity contribution >= 4 is 56.1 Å². The van der Waals surface area contributed by atoms with Crippen LogP contribution in [0.25, 0.3) is 0 Å². The van der Waals surface area contributed by atoms with Crippen LogP contribution < -0.4 is 5.32 Å². The molecule has 0 bridgehead atoms. The predicted octanol–water partition coefficient (Wildman–Crippen LogP) is 4.16. The number of hydrogen-bond donors (Lipinski definition) is 1. The maximum atomic E-state index is 11.9. The molecule has 4 nitrogen and oxygen atoms in total. The molecule has 6 heteroatoms. The third kappa shape index (κ3) is 4.81. The number of amides is 1. The predicted molar refractivity (Wildman–Crippen MR) is 97.0 cm³/mol. The van der Waals surface area contributed by atoms with Gasteiger partial charge in [-0.25, -0.2) is 4.79 Å². The summed E-state index contributed by atoms with van der Waals surface area (Å²) in [6, 6.07) is 12.5. The quantitative estimate of drug-likeness (QED) is 0.536. The van der Waals surface area contributed by atoms with E-state index in [0.29, 0.717) is 11.3 Å². The zero-order chi connectivity index (χ0) is 16.1. The van der Waals surface area contributed by atoms with Crippen molar-refractivity contribution in [2.45, 2.75) is 6.92 Å². The summed E-state index contributed by atoms with van der Waals surface area (Å²) in [7, 11) is 0. The van der Waals surface area contributed by atoms with Gasteiger partial charge >= 0.3 is 5.97 Å². The smallest absolute Gasteiger partial charge is 0.338 e. The van der Waals surface area contributed by atoms with Crippen LogP contribution in [-0.4, -0.2) is 18.5 Å². The van der Waals surface area contributed by atoms with E-state index in [-0.39, 0.29) is 12.5 Å². The summed E-state index contributed by atoms with van der Waals surface area (Å²) >= 11 is 5.47. The molecule has 2 rings (SSSR count). The molecular formula is C16H13BrINO3. The van der Waals surface area contributed by atoms with Crippen LogP contribution in [0.4, 0.5) is 5.69 Å². The Hall–Kier alpha value is -1.41. The summed E-state index contributed by atoms with van der Waals surface area (Å²) < 4.78 is 6.89. The van der Waals surface area contributed by atoms with Crippen LogP contribution >= 0.6 is 38.5 Å². The first-order chi connectivity index (χ1) is 10.5. The zero-order valence-electron chi connectivity index (χ0n) is 11.7. The van der Waals surface area contributed by atoms with E-state index in [1.807, 2.05) is 25.1 Å². The molecule has 22 heavy (non-hydrogen) atoms. The summed E-state index contributed by atoms with van der Waals surface area (Å²) in [4.78, 5) is 23.7. The summed E-state index contributed by atoms with van der Waals surface area (Å²) in [5.74, 6) is -0.884. The molecule has 0 aliphatic rings. The van der Waals surface area contributed by atoms with E-state index < -0.39 is 5.97 Å². The van der Waals surface area contributed by atoms with Gasteiger partial charge in [-0.1, -0.05) is 22.0 Å². The van der Waals surface area contributed by atoms with Crippen LogP contribution in [0, 0.1) is 10.5 Å². The third-order valence-corrected chi connectivity index (χ3v) is 4.02. The lowest BCUT2D eigenvalue weighted by Gasteiger charge is -2.09. The molecule has 0 aliphatic heterocycles. The van der Waals surface area contributed by atoms with E-state index >= 15 is 0 Å². The molecule has 2 aromatic rings. The van der Waals surface area contributed by atoms with Crippen molar-refractivity contribution in [2.24, 2.45) is 0 Å². The molecule has 0 unspecified atom stereocenters. The maximum Gasteiger partial charge on any atom is 0.338 e. The minimum atomic E-state index is -0.513. The summed E-state index contributed by atoms with van der Waals surface area (Å²) in [6.07, 6.45) is 0. The van der Waals surface area contributed by atoms with Gasteiger partial charge in [-0.15, -0.1) is 0 Å². The number of ether oxygens (including phenoxy) is 1. The molecule has 0 saturated carbocycles. The molecule has 0 fully saturated rings. The highest BCUT2D eigenvalue weighted by Gasteiger charge is 2.11. The molecule has 0 aliphatic carbocycles. The average Bonchev–Trinajstić information content (AvgIpc) is 2.47. The lowest BCUT2D eigenvalue weighted by molar-refractivity contribution is -0.119. The highest BCUT2D eigenvalue weighted by Crippen LogP contribution is 2.19. The molecular weight excluding hydrogens is 461 g/mol. The van der Waals surface area contributed by atoms with Gasteiger partial charge in [0.25, 0.3) is 5.91 Å². The second-order valence-corrected chi connectivity index (χ2v) is 6.76. The molecule has 1 amide bonds. The van der Waals surface area contributed by atoms with E-state index in [2.05, 4.69) is 43.8 Å². The first-order valence-corrected chi connectivity index (χ1v) is 8.31. The van der Waals surface area contributed by atoms with Gasteiger partial charge in [0.15, 0.2) is 6.61 Å². The summed E-state index contributed by atoms with van der Waals surface area (Å²) in [5, 5.41) is 2.72. The Balaban J connectivity index is 1.91. The van der Waals surface area contributed by atoms with Gasteiger partial charge < -0.3 is 10.1 Å². The maximum absolute atomic E-state index is 11.9. The standard InChI is InChI=1S/C16H13BrINO3/c1-10-7-12(17)5-6-14(10)19-15(20)9-22-16(21)11-3-2-4-13(18)8-11/h2-8H,9H2,1H3,(H,19,20). The number of carbonyl (C=O) groups is 2. The first-order valence-electron chi connectivity index (χ1n) is 6.44. The number of hydrogen-bond acceptors (Lipinski definition) is 3. The van der Waals surface area contributed by atoms with Gasteiger partial charge in [-0.05, 0) is 71.5 Å². The fraction of sp³-hybridized carbons (Fsp3) is 0.125. The molecule has 0 aromatic heterocycles. The van der Waals surface area contributed by atoms with Gasteiger partial charge in [-0.3, -0.25) is 4.79 Å². The lowest BCUT2D eigenvalue weighted by atomic mass is 10.2. The largest absolute Gasteiger partial charge is 0.452 e. The Morgan fingerprint density at radius 3 is 2.68 bits per heavy atom. The lowest BCUT2D eigenvalue weighted by Crippen LogP contribution is -2.21. The van der Waals surface area contributed by atoms with Crippen LogP contribution in [0.5, 0.6) is 0 Å². The molecule has 2 aromatic carbocycles. The van der Waals surface area contributed by atoms with Crippen molar-refractivity contribution in [3.05, 3.63) is 61.6 Å².